The summed E-state index contributed by atoms with van der Waals surface area (Å²) in [4.78, 5) is 2.55. The molecule has 1 aromatic rings. The fourth-order valence-corrected chi connectivity index (χ4v) is 3.97. The van der Waals surface area contributed by atoms with E-state index in [-0.39, 0.29) is 0 Å². The number of nitrogens with two attached hydrogens (primary N) is 1. The van der Waals surface area contributed by atoms with Crippen LogP contribution in [0, 0.1) is 11.8 Å². The first kappa shape index (κ1) is 13.1. The smallest absolute Gasteiger partial charge is 0.0234 e. The Morgan fingerprint density at radius 3 is 2.47 bits per heavy atom. The molecule has 1 aromatic carbocycles. The molecule has 0 spiro atoms. The van der Waals surface area contributed by atoms with Crippen molar-refractivity contribution >= 4 is 0 Å². The summed E-state index contributed by atoms with van der Waals surface area (Å²) in [6.07, 6.45) is 7.11. The molecule has 1 heterocycles. The van der Waals surface area contributed by atoms with Gasteiger partial charge in [-0.15, -0.1) is 0 Å². The van der Waals surface area contributed by atoms with E-state index in [1.807, 2.05) is 0 Å². The Hall–Kier alpha value is -0.860. The second-order valence-electron chi connectivity index (χ2n) is 6.41. The average Bonchev–Trinajstić information content (AvgIpc) is 2.82. The van der Waals surface area contributed by atoms with E-state index >= 15 is 0 Å². The maximum atomic E-state index is 6.41. The standard InChI is InChI=1S/C17H26N2/c18-17-13-19(11-14-7-3-1-4-8-14)12-16(17)15-9-5-2-6-10-15/h1,3-4,7-8,15-17H,2,5-6,9-13,18H2/t16-,17+/m0/s1. The van der Waals surface area contributed by atoms with Crippen LogP contribution in [0.4, 0.5) is 0 Å². The first-order valence-corrected chi connectivity index (χ1v) is 7.85. The van der Waals surface area contributed by atoms with Crippen molar-refractivity contribution in [1.82, 2.24) is 4.90 Å². The van der Waals surface area contributed by atoms with E-state index in [2.05, 4.69) is 35.2 Å². The van der Waals surface area contributed by atoms with E-state index in [0.29, 0.717) is 6.04 Å². The van der Waals surface area contributed by atoms with Crippen molar-refractivity contribution in [3.63, 3.8) is 0 Å². The second kappa shape index (κ2) is 6.06. The minimum absolute atomic E-state index is 0.395. The van der Waals surface area contributed by atoms with Crippen LogP contribution in [0.5, 0.6) is 0 Å². The highest BCUT2D eigenvalue weighted by Gasteiger charge is 2.35. The molecular formula is C17H26N2. The first-order chi connectivity index (χ1) is 9.33. The highest BCUT2D eigenvalue weighted by Crippen LogP contribution is 2.35. The Morgan fingerprint density at radius 1 is 1.00 bits per heavy atom. The first-order valence-electron chi connectivity index (χ1n) is 7.85. The third kappa shape index (κ3) is 3.18. The molecule has 0 radical (unpaired) electrons. The lowest BCUT2D eigenvalue weighted by atomic mass is 9.78. The van der Waals surface area contributed by atoms with E-state index in [1.54, 1.807) is 0 Å². The van der Waals surface area contributed by atoms with Gasteiger partial charge in [-0.25, -0.2) is 0 Å². The molecule has 2 atom stereocenters. The average molecular weight is 258 g/mol. The largest absolute Gasteiger partial charge is 0.326 e. The topological polar surface area (TPSA) is 29.3 Å². The molecule has 0 bridgehead atoms. The van der Waals surface area contributed by atoms with E-state index in [1.165, 1.54) is 44.2 Å². The zero-order valence-corrected chi connectivity index (χ0v) is 11.8. The predicted molar refractivity (Wildman–Crippen MR) is 79.8 cm³/mol. The summed E-state index contributed by atoms with van der Waals surface area (Å²) in [5.74, 6) is 1.63. The van der Waals surface area contributed by atoms with Gasteiger partial charge in [0, 0.05) is 25.7 Å². The summed E-state index contributed by atoms with van der Waals surface area (Å²) in [5.41, 5.74) is 7.83. The van der Waals surface area contributed by atoms with Gasteiger partial charge in [0.25, 0.3) is 0 Å². The molecule has 0 amide bonds. The molecule has 2 aliphatic rings. The number of benzene rings is 1. The predicted octanol–water partition coefficient (Wildman–Crippen LogP) is 3.03. The summed E-state index contributed by atoms with van der Waals surface area (Å²) in [7, 11) is 0. The van der Waals surface area contributed by atoms with Crippen molar-refractivity contribution in [2.24, 2.45) is 17.6 Å². The van der Waals surface area contributed by atoms with E-state index in [9.17, 15) is 0 Å². The fraction of sp³-hybridized carbons (Fsp3) is 0.647. The Bertz CT molecular complexity index is 384. The number of hydrogen-bond acceptors (Lipinski definition) is 2. The van der Waals surface area contributed by atoms with Crippen LogP contribution in [-0.2, 0) is 6.54 Å². The highest BCUT2D eigenvalue weighted by atomic mass is 15.2. The van der Waals surface area contributed by atoms with Gasteiger partial charge in [-0.1, -0.05) is 62.4 Å². The molecular weight excluding hydrogens is 232 g/mol. The minimum Gasteiger partial charge on any atom is -0.326 e. The molecule has 0 unspecified atom stereocenters. The molecule has 2 nitrogen and oxygen atoms in total. The Kier molecular flexibility index (Phi) is 4.19. The van der Waals surface area contributed by atoms with Crippen molar-refractivity contribution in [1.29, 1.82) is 0 Å². The lowest BCUT2D eigenvalue weighted by Crippen LogP contribution is -2.34. The Morgan fingerprint density at radius 2 is 1.74 bits per heavy atom. The van der Waals surface area contributed by atoms with Crippen LogP contribution in [-0.4, -0.2) is 24.0 Å². The van der Waals surface area contributed by atoms with Gasteiger partial charge in [-0.2, -0.15) is 0 Å². The second-order valence-corrected chi connectivity index (χ2v) is 6.41. The molecule has 3 rings (SSSR count). The van der Waals surface area contributed by atoms with Gasteiger partial charge in [0.2, 0.25) is 0 Å². The minimum atomic E-state index is 0.395. The molecule has 19 heavy (non-hydrogen) atoms. The quantitative estimate of drug-likeness (QED) is 0.903. The van der Waals surface area contributed by atoms with Crippen LogP contribution >= 0.6 is 0 Å². The SMILES string of the molecule is N[C@@H]1CN(Cc2ccccc2)C[C@H]1C1CCCCC1. The molecule has 2 N–H and O–H groups in total. The van der Waals surface area contributed by atoms with E-state index in [4.69, 9.17) is 5.73 Å². The number of rotatable bonds is 3. The molecule has 1 aliphatic heterocycles. The van der Waals surface area contributed by atoms with Crippen LogP contribution in [0.1, 0.15) is 37.7 Å². The zero-order chi connectivity index (χ0) is 13.1. The lowest BCUT2D eigenvalue weighted by molar-refractivity contribution is 0.227. The Balaban J connectivity index is 1.58. The van der Waals surface area contributed by atoms with Crippen LogP contribution in [0.3, 0.4) is 0 Å². The summed E-state index contributed by atoms with van der Waals surface area (Å²) in [6, 6.07) is 11.2. The van der Waals surface area contributed by atoms with E-state index < -0.39 is 0 Å². The normalized spacial score (nSPS) is 29.7. The fourth-order valence-electron chi connectivity index (χ4n) is 3.97. The highest BCUT2D eigenvalue weighted by molar-refractivity contribution is 5.14. The van der Waals surface area contributed by atoms with Gasteiger partial charge >= 0.3 is 0 Å². The molecule has 1 aliphatic carbocycles. The maximum absolute atomic E-state index is 6.41. The number of nitrogens with zero attached hydrogens (tertiary/aromatic N) is 1. The summed E-state index contributed by atoms with van der Waals surface area (Å²) >= 11 is 0. The van der Waals surface area contributed by atoms with Gasteiger partial charge in [-0.3, -0.25) is 4.90 Å². The van der Waals surface area contributed by atoms with Gasteiger partial charge < -0.3 is 5.73 Å². The molecule has 2 fully saturated rings. The lowest BCUT2D eigenvalue weighted by Gasteiger charge is -2.29. The van der Waals surface area contributed by atoms with Crippen LogP contribution in [0.2, 0.25) is 0 Å². The molecule has 1 saturated heterocycles. The van der Waals surface area contributed by atoms with Crippen molar-refractivity contribution in [2.75, 3.05) is 13.1 Å². The summed E-state index contributed by atoms with van der Waals surface area (Å²) in [6.45, 7) is 3.36. The number of hydrogen-bond donors (Lipinski definition) is 1. The van der Waals surface area contributed by atoms with Crippen LogP contribution < -0.4 is 5.73 Å². The van der Waals surface area contributed by atoms with Gasteiger partial charge in [-0.05, 0) is 17.4 Å². The Labute approximate surface area is 117 Å². The maximum Gasteiger partial charge on any atom is 0.0234 e. The molecule has 1 saturated carbocycles. The number of likely N-dealkylation sites (tertiary alicyclic amines) is 1. The third-order valence-electron chi connectivity index (χ3n) is 4.99. The van der Waals surface area contributed by atoms with Gasteiger partial charge in [0.1, 0.15) is 0 Å². The summed E-state index contributed by atoms with van der Waals surface area (Å²) < 4.78 is 0. The molecule has 104 valence electrons. The molecule has 2 heteroatoms. The van der Waals surface area contributed by atoms with Crippen molar-refractivity contribution < 1.29 is 0 Å². The summed E-state index contributed by atoms with van der Waals surface area (Å²) in [5, 5.41) is 0. The van der Waals surface area contributed by atoms with Gasteiger partial charge in [0.05, 0.1) is 0 Å². The van der Waals surface area contributed by atoms with Crippen LogP contribution in [0.25, 0.3) is 0 Å². The van der Waals surface area contributed by atoms with Crippen LogP contribution in [0.15, 0.2) is 30.3 Å². The zero-order valence-electron chi connectivity index (χ0n) is 11.8. The third-order valence-corrected chi connectivity index (χ3v) is 4.99. The van der Waals surface area contributed by atoms with E-state index in [0.717, 1.165) is 24.9 Å². The van der Waals surface area contributed by atoms with Crippen molar-refractivity contribution in [3.8, 4) is 0 Å². The molecule has 0 aromatic heterocycles. The van der Waals surface area contributed by atoms with Crippen molar-refractivity contribution in [2.45, 2.75) is 44.7 Å². The monoisotopic (exact) mass is 258 g/mol. The van der Waals surface area contributed by atoms with Gasteiger partial charge in [0.15, 0.2) is 0 Å². The van der Waals surface area contributed by atoms with Crippen molar-refractivity contribution in [3.05, 3.63) is 35.9 Å².